The molecule has 0 spiro atoms. The lowest BCUT2D eigenvalue weighted by Crippen LogP contribution is -2.14. The van der Waals surface area contributed by atoms with Gasteiger partial charge in [0.25, 0.3) is 0 Å². The monoisotopic (exact) mass is 530 g/mol. The first-order valence-corrected chi connectivity index (χ1v) is 10.9. The number of benzene rings is 2. The Labute approximate surface area is 202 Å². The van der Waals surface area contributed by atoms with Crippen molar-refractivity contribution in [2.75, 3.05) is 5.43 Å². The van der Waals surface area contributed by atoms with Crippen LogP contribution in [0.25, 0.3) is 11.3 Å². The van der Waals surface area contributed by atoms with Gasteiger partial charge in [-0.05, 0) is 35.9 Å². The Morgan fingerprint density at radius 2 is 1.66 bits per heavy atom. The van der Waals surface area contributed by atoms with Crippen LogP contribution in [-0.4, -0.2) is 25.5 Å². The Hall–Kier alpha value is -3.45. The molecule has 0 aliphatic rings. The van der Waals surface area contributed by atoms with Gasteiger partial charge in [0.05, 0.1) is 29.1 Å². The predicted octanol–water partition coefficient (Wildman–Crippen LogP) is 6.61. The van der Waals surface area contributed by atoms with E-state index in [4.69, 9.17) is 11.6 Å². The third kappa shape index (κ3) is 6.17. The molecule has 6 nitrogen and oxygen atoms in total. The minimum absolute atomic E-state index is 0.0615. The molecule has 0 radical (unpaired) electrons. The van der Waals surface area contributed by atoms with E-state index in [1.165, 1.54) is 22.7 Å². The summed E-state index contributed by atoms with van der Waals surface area (Å²) in [7, 11) is 0. The third-order valence-corrected chi connectivity index (χ3v) is 5.63. The summed E-state index contributed by atoms with van der Waals surface area (Å²) in [6.45, 7) is 0.218. The van der Waals surface area contributed by atoms with Gasteiger partial charge < -0.3 is 0 Å². The average molecular weight is 531 g/mol. The normalized spacial score (nSPS) is 12.7. The summed E-state index contributed by atoms with van der Waals surface area (Å²) in [5.74, 6) is 0. The molecule has 2 aromatic carbocycles. The van der Waals surface area contributed by atoms with E-state index in [2.05, 4.69) is 25.6 Å². The van der Waals surface area contributed by atoms with Crippen molar-refractivity contribution in [2.45, 2.75) is 18.9 Å². The van der Waals surface area contributed by atoms with Crippen molar-refractivity contribution in [1.29, 1.82) is 0 Å². The lowest BCUT2D eigenvalue weighted by atomic mass is 10.0. The molecule has 0 unspecified atom stereocenters. The van der Waals surface area contributed by atoms with Crippen LogP contribution in [0.4, 0.5) is 31.5 Å². The molecule has 0 fully saturated rings. The Bertz CT molecular complexity index is 1300. The largest absolute Gasteiger partial charge is 0.416 e. The Morgan fingerprint density at radius 1 is 1.00 bits per heavy atom. The van der Waals surface area contributed by atoms with Crippen molar-refractivity contribution in [2.24, 2.45) is 5.10 Å². The number of anilines is 1. The summed E-state index contributed by atoms with van der Waals surface area (Å²) in [5.41, 5.74) is 0.693. The summed E-state index contributed by atoms with van der Waals surface area (Å²) < 4.78 is 80.6. The summed E-state index contributed by atoms with van der Waals surface area (Å²) in [6.07, 6.45) is -7.07. The summed E-state index contributed by atoms with van der Waals surface area (Å²) >= 11 is 6.91. The predicted molar refractivity (Wildman–Crippen MR) is 119 cm³/mol. The molecule has 0 bridgehead atoms. The Morgan fingerprint density at radius 3 is 2.23 bits per heavy atom. The van der Waals surface area contributed by atoms with Crippen LogP contribution in [0.5, 0.6) is 0 Å². The molecule has 2 aromatic heterocycles. The molecule has 0 amide bonds. The number of alkyl halides is 6. The molecule has 0 aliphatic heterocycles. The van der Waals surface area contributed by atoms with Gasteiger partial charge in [-0.25, -0.2) is 14.6 Å². The number of nitrogens with one attached hydrogen (secondary N) is 1. The van der Waals surface area contributed by atoms with Crippen LogP contribution >= 0.6 is 22.9 Å². The first-order chi connectivity index (χ1) is 16.5. The van der Waals surface area contributed by atoms with Gasteiger partial charge in [-0.15, -0.1) is 11.3 Å². The highest BCUT2D eigenvalue weighted by Crippen LogP contribution is 2.39. The van der Waals surface area contributed by atoms with E-state index in [1.807, 2.05) is 0 Å². The fraction of sp³-hybridized carbons (Fsp3) is 0.143. The third-order valence-electron chi connectivity index (χ3n) is 4.63. The summed E-state index contributed by atoms with van der Waals surface area (Å²) in [5, 5.41) is 10.4. The molecule has 1 N–H and O–H groups in total. The van der Waals surface area contributed by atoms with E-state index < -0.39 is 23.5 Å². The number of nitrogens with zero attached hydrogens (tertiary/aromatic N) is 5. The molecule has 4 rings (SSSR count). The number of hydrazone groups is 1. The zero-order valence-electron chi connectivity index (χ0n) is 17.3. The van der Waals surface area contributed by atoms with E-state index in [0.717, 1.165) is 11.3 Å². The summed E-state index contributed by atoms with van der Waals surface area (Å²) in [4.78, 5) is 7.99. The second-order valence-corrected chi connectivity index (χ2v) is 8.40. The SMILES string of the molecule is FC(F)(F)c1cc(-c2csc(N/N=C(/Cn3cncn3)c3ccc(Cl)cc3)n2)cc(C(F)(F)F)c1. The van der Waals surface area contributed by atoms with Crippen LogP contribution < -0.4 is 5.43 Å². The van der Waals surface area contributed by atoms with Crippen LogP contribution in [0.3, 0.4) is 0 Å². The van der Waals surface area contributed by atoms with E-state index in [-0.39, 0.29) is 29.0 Å². The van der Waals surface area contributed by atoms with Crippen molar-refractivity contribution in [3.63, 3.8) is 0 Å². The van der Waals surface area contributed by atoms with Gasteiger partial charge in [-0.3, -0.25) is 5.43 Å². The number of hydrogen-bond acceptors (Lipinski definition) is 6. The second-order valence-electron chi connectivity index (χ2n) is 7.10. The zero-order valence-corrected chi connectivity index (χ0v) is 18.8. The van der Waals surface area contributed by atoms with Gasteiger partial charge in [0.15, 0.2) is 0 Å². The lowest BCUT2D eigenvalue weighted by molar-refractivity contribution is -0.143. The van der Waals surface area contributed by atoms with Gasteiger partial charge in [0.2, 0.25) is 5.13 Å². The molecule has 0 saturated heterocycles. The van der Waals surface area contributed by atoms with Crippen molar-refractivity contribution < 1.29 is 26.3 Å². The fourth-order valence-corrected chi connectivity index (χ4v) is 3.76. The van der Waals surface area contributed by atoms with Gasteiger partial charge in [0.1, 0.15) is 12.7 Å². The van der Waals surface area contributed by atoms with E-state index >= 15 is 0 Å². The maximum absolute atomic E-state index is 13.2. The molecule has 182 valence electrons. The summed E-state index contributed by atoms with van der Waals surface area (Å²) in [6, 6.07) is 8.12. The first kappa shape index (κ1) is 24.7. The van der Waals surface area contributed by atoms with E-state index in [1.54, 1.807) is 24.3 Å². The second kappa shape index (κ2) is 9.66. The minimum Gasteiger partial charge on any atom is -0.252 e. The van der Waals surface area contributed by atoms with Gasteiger partial charge >= 0.3 is 12.4 Å². The maximum atomic E-state index is 13.2. The van der Waals surface area contributed by atoms with Crippen molar-refractivity contribution in [3.8, 4) is 11.3 Å². The zero-order chi connectivity index (χ0) is 25.2. The maximum Gasteiger partial charge on any atom is 0.416 e. The fourth-order valence-electron chi connectivity index (χ4n) is 2.98. The highest BCUT2D eigenvalue weighted by Gasteiger charge is 2.37. The van der Waals surface area contributed by atoms with Crippen molar-refractivity contribution in [1.82, 2.24) is 19.7 Å². The highest BCUT2D eigenvalue weighted by atomic mass is 35.5. The van der Waals surface area contributed by atoms with Crippen LogP contribution in [0, 0.1) is 0 Å². The van der Waals surface area contributed by atoms with E-state index in [9.17, 15) is 26.3 Å². The van der Waals surface area contributed by atoms with Crippen LogP contribution in [0.2, 0.25) is 5.02 Å². The molecular weight excluding hydrogens is 518 g/mol. The van der Waals surface area contributed by atoms with Crippen LogP contribution in [0.1, 0.15) is 16.7 Å². The lowest BCUT2D eigenvalue weighted by Gasteiger charge is -2.13. The van der Waals surface area contributed by atoms with Crippen molar-refractivity contribution >= 4 is 33.8 Å². The molecule has 0 atom stereocenters. The average Bonchev–Trinajstić information content (AvgIpc) is 3.48. The molecule has 0 saturated carbocycles. The molecular formula is C21H13ClF6N6S. The molecule has 35 heavy (non-hydrogen) atoms. The van der Waals surface area contributed by atoms with E-state index in [0.29, 0.717) is 28.4 Å². The highest BCUT2D eigenvalue weighted by molar-refractivity contribution is 7.14. The number of rotatable bonds is 6. The first-order valence-electron chi connectivity index (χ1n) is 9.65. The smallest absolute Gasteiger partial charge is 0.252 e. The molecule has 0 aliphatic carbocycles. The standard InChI is InChI=1S/C21H13ClF6N6S/c22-16-3-1-12(2-4-16)17(8-34-11-29-10-30-34)32-33-19-31-18(9-35-19)13-5-14(20(23,24)25)7-15(6-13)21(26,27)28/h1-7,9-11H,8H2,(H,31,33)/b32-17-. The van der Waals surface area contributed by atoms with Crippen LogP contribution in [-0.2, 0) is 18.9 Å². The number of thiazole rings is 1. The number of aromatic nitrogens is 4. The van der Waals surface area contributed by atoms with Gasteiger partial charge in [-0.2, -0.15) is 36.5 Å². The minimum atomic E-state index is -4.95. The quantitative estimate of drug-likeness (QED) is 0.173. The molecule has 4 aromatic rings. The molecule has 14 heteroatoms. The van der Waals surface area contributed by atoms with Gasteiger partial charge in [-0.1, -0.05) is 23.7 Å². The van der Waals surface area contributed by atoms with Gasteiger partial charge in [0, 0.05) is 16.0 Å². The van der Waals surface area contributed by atoms with Crippen molar-refractivity contribution in [3.05, 3.63) is 82.2 Å². The Kier molecular flexibility index (Phi) is 6.81. The molecule has 2 heterocycles. The topological polar surface area (TPSA) is 68.0 Å². The number of hydrogen-bond donors (Lipinski definition) is 1. The number of halogens is 7. The Balaban J connectivity index is 1.64. The van der Waals surface area contributed by atoms with Crippen LogP contribution in [0.15, 0.2) is 65.6 Å².